The number of urea groups is 1. The van der Waals surface area contributed by atoms with Crippen molar-refractivity contribution in [2.75, 3.05) is 13.1 Å². The second-order valence-electron chi connectivity index (χ2n) is 5.75. The fraction of sp³-hybridized carbons (Fsp3) is 0.571. The highest BCUT2D eigenvalue weighted by atomic mass is 16.2. The second-order valence-corrected chi connectivity index (χ2v) is 5.75. The van der Waals surface area contributed by atoms with Gasteiger partial charge in [-0.25, -0.2) is 4.79 Å². The normalized spacial score (nSPS) is 17.7. The van der Waals surface area contributed by atoms with E-state index in [1.165, 1.54) is 4.90 Å². The lowest BCUT2D eigenvalue weighted by atomic mass is 9.98. The van der Waals surface area contributed by atoms with Crippen molar-refractivity contribution in [1.29, 1.82) is 0 Å². The average Bonchev–Trinajstić information content (AvgIpc) is 2.82. The van der Waals surface area contributed by atoms with Crippen LogP contribution in [-0.2, 0) is 16.1 Å². The molecule has 9 heteroatoms. The maximum Gasteiger partial charge on any atom is 0.314 e. The molecule has 1 aromatic heterocycles. The topological polar surface area (TPSA) is 122 Å². The van der Waals surface area contributed by atoms with Crippen LogP contribution in [-0.4, -0.2) is 45.6 Å². The van der Waals surface area contributed by atoms with Gasteiger partial charge in [-0.05, 0) is 32.8 Å². The lowest BCUT2D eigenvalue weighted by Gasteiger charge is -2.30. The molecule has 0 unspecified atom stereocenters. The number of aromatic nitrogens is 2. The van der Waals surface area contributed by atoms with Gasteiger partial charge < -0.3 is 10.6 Å². The Morgan fingerprint density at radius 2 is 2.09 bits per heavy atom. The summed E-state index contributed by atoms with van der Waals surface area (Å²) in [5.74, 6) is -1.06. The number of carbonyl (C=O) groups is 3. The molecule has 1 aromatic rings. The third-order valence-corrected chi connectivity index (χ3v) is 3.83. The molecule has 2 heterocycles. The number of likely N-dealkylation sites (tertiary alicyclic amines) is 1. The van der Waals surface area contributed by atoms with Gasteiger partial charge in [0.2, 0.25) is 5.91 Å². The molecule has 0 aliphatic carbocycles. The lowest BCUT2D eigenvalue weighted by Crippen LogP contribution is -2.51. The first-order valence-corrected chi connectivity index (χ1v) is 7.51. The highest BCUT2D eigenvalue weighted by molar-refractivity contribution is 5.84. The number of nitrogens with zero attached hydrogens (tertiary/aromatic N) is 3. The Morgan fingerprint density at radius 3 is 2.70 bits per heavy atom. The molecule has 0 spiro atoms. The van der Waals surface area contributed by atoms with E-state index in [0.717, 1.165) is 11.4 Å². The van der Waals surface area contributed by atoms with E-state index in [2.05, 4.69) is 16.0 Å². The molecule has 23 heavy (non-hydrogen) atoms. The molecule has 1 fully saturated rings. The number of hydrogen-bond acceptors (Lipinski definition) is 4. The lowest BCUT2D eigenvalue weighted by molar-refractivity contribution is -0.132. The molecular weight excluding hydrogens is 300 g/mol. The summed E-state index contributed by atoms with van der Waals surface area (Å²) in [6.45, 7) is 4.55. The summed E-state index contributed by atoms with van der Waals surface area (Å²) in [5.41, 5.74) is 11.7. The minimum absolute atomic E-state index is 0.0258. The average molecular weight is 322 g/mol. The van der Waals surface area contributed by atoms with E-state index in [1.807, 2.05) is 19.9 Å². The first-order chi connectivity index (χ1) is 10.9. The summed E-state index contributed by atoms with van der Waals surface area (Å²) in [6.07, 6.45) is 1.36. The Labute approximate surface area is 134 Å². The van der Waals surface area contributed by atoms with Gasteiger partial charge in [-0.2, -0.15) is 5.10 Å². The summed E-state index contributed by atoms with van der Waals surface area (Å²) in [4.78, 5) is 36.5. The molecule has 4 N–H and O–H groups in total. The van der Waals surface area contributed by atoms with Gasteiger partial charge in [0.25, 0.3) is 5.91 Å². The zero-order valence-electron chi connectivity index (χ0n) is 13.3. The van der Waals surface area contributed by atoms with Crippen LogP contribution in [0.15, 0.2) is 6.07 Å². The van der Waals surface area contributed by atoms with E-state index in [-0.39, 0.29) is 30.8 Å². The number of piperidine rings is 1. The summed E-state index contributed by atoms with van der Waals surface area (Å²) in [7, 11) is 0. The number of nitrogens with one attached hydrogen (secondary N) is 2. The molecule has 4 amide bonds. The van der Waals surface area contributed by atoms with Crippen LogP contribution < -0.4 is 16.6 Å². The number of primary amides is 1. The van der Waals surface area contributed by atoms with E-state index >= 15 is 0 Å². The van der Waals surface area contributed by atoms with Crippen molar-refractivity contribution in [3.05, 3.63) is 17.5 Å². The van der Waals surface area contributed by atoms with Crippen molar-refractivity contribution >= 4 is 17.8 Å². The molecule has 1 aliphatic heterocycles. The standard InChI is InChI=1S/C14H22N6O3/c1-9-6-10(2)20(18-9)8-12(21)16-17-13(22)11-4-3-5-19(7-11)14(15)23/h6,11H,3-5,7-8H2,1-2H3,(H2,15,23)(H,16,21)(H,17,22)/t11-/m1/s1. The Morgan fingerprint density at radius 1 is 1.35 bits per heavy atom. The predicted molar refractivity (Wildman–Crippen MR) is 81.9 cm³/mol. The summed E-state index contributed by atoms with van der Waals surface area (Å²) in [5, 5.41) is 4.18. The molecular formula is C14H22N6O3. The first-order valence-electron chi connectivity index (χ1n) is 7.51. The van der Waals surface area contributed by atoms with Crippen LogP contribution in [0.1, 0.15) is 24.2 Å². The van der Waals surface area contributed by atoms with Gasteiger partial charge in [-0.3, -0.25) is 25.1 Å². The van der Waals surface area contributed by atoms with E-state index in [1.54, 1.807) is 4.68 Å². The van der Waals surface area contributed by atoms with Crippen LogP contribution in [0.4, 0.5) is 4.79 Å². The maximum absolute atomic E-state index is 12.1. The molecule has 1 atom stereocenters. The Balaban J connectivity index is 1.80. The minimum atomic E-state index is -0.531. The van der Waals surface area contributed by atoms with Crippen LogP contribution >= 0.6 is 0 Å². The number of hydrogen-bond donors (Lipinski definition) is 3. The first kappa shape index (κ1) is 16.8. The van der Waals surface area contributed by atoms with Crippen molar-refractivity contribution in [2.24, 2.45) is 11.7 Å². The van der Waals surface area contributed by atoms with Crippen LogP contribution in [0.3, 0.4) is 0 Å². The van der Waals surface area contributed by atoms with Crippen molar-refractivity contribution in [3.8, 4) is 0 Å². The Bertz CT molecular complexity index is 612. The number of amides is 4. The summed E-state index contributed by atoms with van der Waals surface area (Å²) < 4.78 is 1.56. The van der Waals surface area contributed by atoms with Crippen LogP contribution in [0.25, 0.3) is 0 Å². The minimum Gasteiger partial charge on any atom is -0.351 e. The molecule has 0 bridgehead atoms. The van der Waals surface area contributed by atoms with Crippen molar-refractivity contribution in [2.45, 2.75) is 33.2 Å². The van der Waals surface area contributed by atoms with Gasteiger partial charge in [0.05, 0.1) is 11.6 Å². The highest BCUT2D eigenvalue weighted by Crippen LogP contribution is 2.15. The van der Waals surface area contributed by atoms with Crippen LogP contribution in [0.5, 0.6) is 0 Å². The predicted octanol–water partition coefficient (Wildman–Crippen LogP) is -0.562. The largest absolute Gasteiger partial charge is 0.351 e. The zero-order valence-corrected chi connectivity index (χ0v) is 13.3. The third kappa shape index (κ3) is 4.44. The number of rotatable bonds is 3. The van der Waals surface area contributed by atoms with Crippen molar-refractivity contribution in [3.63, 3.8) is 0 Å². The molecule has 0 aromatic carbocycles. The van der Waals surface area contributed by atoms with Crippen LogP contribution in [0.2, 0.25) is 0 Å². The molecule has 1 saturated heterocycles. The van der Waals surface area contributed by atoms with E-state index in [4.69, 9.17) is 5.73 Å². The number of hydrazine groups is 1. The summed E-state index contributed by atoms with van der Waals surface area (Å²) >= 11 is 0. The maximum atomic E-state index is 12.1. The zero-order chi connectivity index (χ0) is 17.0. The molecule has 0 radical (unpaired) electrons. The molecule has 9 nitrogen and oxygen atoms in total. The highest BCUT2D eigenvalue weighted by Gasteiger charge is 2.27. The van der Waals surface area contributed by atoms with E-state index in [0.29, 0.717) is 19.4 Å². The van der Waals surface area contributed by atoms with E-state index in [9.17, 15) is 14.4 Å². The number of aryl methyl sites for hydroxylation is 2. The Kier molecular flexibility index (Phi) is 5.20. The molecule has 0 saturated carbocycles. The third-order valence-electron chi connectivity index (χ3n) is 3.83. The monoisotopic (exact) mass is 322 g/mol. The van der Waals surface area contributed by atoms with Gasteiger partial charge >= 0.3 is 6.03 Å². The van der Waals surface area contributed by atoms with Gasteiger partial charge in [0.15, 0.2) is 0 Å². The fourth-order valence-corrected chi connectivity index (χ4v) is 2.64. The molecule has 1 aliphatic rings. The molecule has 126 valence electrons. The number of carbonyl (C=O) groups excluding carboxylic acids is 3. The quantitative estimate of drug-likeness (QED) is 0.645. The fourth-order valence-electron chi connectivity index (χ4n) is 2.64. The number of nitrogens with two attached hydrogens (primary N) is 1. The molecule has 2 rings (SSSR count). The van der Waals surface area contributed by atoms with Gasteiger partial charge in [0, 0.05) is 18.8 Å². The van der Waals surface area contributed by atoms with Gasteiger partial charge in [0.1, 0.15) is 6.54 Å². The van der Waals surface area contributed by atoms with Crippen molar-refractivity contribution in [1.82, 2.24) is 25.5 Å². The van der Waals surface area contributed by atoms with E-state index < -0.39 is 6.03 Å². The second kappa shape index (κ2) is 7.12. The summed E-state index contributed by atoms with van der Waals surface area (Å²) in [6, 6.07) is 1.34. The van der Waals surface area contributed by atoms with Gasteiger partial charge in [-0.1, -0.05) is 0 Å². The SMILES string of the molecule is Cc1cc(C)n(CC(=O)NNC(=O)[C@@H]2CCCN(C(N)=O)C2)n1. The van der Waals surface area contributed by atoms with Gasteiger partial charge in [-0.15, -0.1) is 0 Å². The van der Waals surface area contributed by atoms with Crippen LogP contribution in [0, 0.1) is 19.8 Å². The Hall–Kier alpha value is -2.58. The van der Waals surface area contributed by atoms with Crippen molar-refractivity contribution < 1.29 is 14.4 Å². The smallest absolute Gasteiger partial charge is 0.314 e.